The second-order valence-electron chi connectivity index (χ2n) is 7.69. The molecule has 3 aromatic rings. The van der Waals surface area contributed by atoms with Crippen LogP contribution in [0, 0.1) is 34.6 Å². The van der Waals surface area contributed by atoms with Crippen LogP contribution in [0.25, 0.3) is 0 Å². The Kier molecular flexibility index (Phi) is 13.8. The molecule has 0 atom stereocenters. The predicted octanol–water partition coefficient (Wildman–Crippen LogP) is 1.71. The van der Waals surface area contributed by atoms with Crippen molar-refractivity contribution in [3.8, 4) is 0 Å². The fourth-order valence-corrected chi connectivity index (χ4v) is 3.85. The van der Waals surface area contributed by atoms with Gasteiger partial charge in [0, 0.05) is 23.7 Å². The van der Waals surface area contributed by atoms with E-state index in [1.54, 1.807) is 12.4 Å². The molecule has 3 rings (SSSR count). The average Bonchev–Trinajstić information content (AvgIpc) is 2.68. The van der Waals surface area contributed by atoms with Crippen molar-refractivity contribution in [3.63, 3.8) is 0 Å². The van der Waals surface area contributed by atoms with Gasteiger partial charge in [-0.15, -0.1) is 0 Å². The SMILES string of the molecule is CC(=Nc1c(C)cc(C)cc1Cl)c1cccnc1.C[C]([Fe+2])=Nc1c(C)cc(C)cc1C.[Cl-].[Cl-]. The normalized spacial score (nSPS) is 11.0. The van der Waals surface area contributed by atoms with Crippen molar-refractivity contribution in [3.05, 3.63) is 87.2 Å². The number of rotatable bonds is 3. The zero-order valence-corrected chi connectivity index (χ0v) is 23.3. The maximum absolute atomic E-state index is 6.24. The van der Waals surface area contributed by atoms with E-state index in [0.29, 0.717) is 5.02 Å². The van der Waals surface area contributed by atoms with Crippen molar-refractivity contribution in [1.82, 2.24) is 4.98 Å². The first-order valence-corrected chi connectivity index (χ1v) is 11.0. The van der Waals surface area contributed by atoms with E-state index >= 15 is 0 Å². The molecule has 0 amide bonds. The summed E-state index contributed by atoms with van der Waals surface area (Å²) in [6, 6.07) is 12.2. The number of aryl methyl sites for hydroxylation is 5. The fraction of sp³-hybridized carbons (Fsp3) is 0.269. The zero-order valence-electron chi connectivity index (χ0n) is 19.9. The third kappa shape index (κ3) is 9.60. The maximum Gasteiger partial charge on any atom is -1.00 e. The van der Waals surface area contributed by atoms with Gasteiger partial charge < -0.3 is 24.8 Å². The van der Waals surface area contributed by atoms with Gasteiger partial charge in [-0.2, -0.15) is 0 Å². The van der Waals surface area contributed by atoms with Crippen molar-refractivity contribution in [2.45, 2.75) is 48.5 Å². The molecule has 7 heteroatoms. The quantitative estimate of drug-likeness (QED) is 0.365. The Morgan fingerprint density at radius 1 is 0.818 bits per heavy atom. The van der Waals surface area contributed by atoms with Crippen LogP contribution in [0.5, 0.6) is 0 Å². The van der Waals surface area contributed by atoms with Crippen molar-refractivity contribution in [1.29, 1.82) is 0 Å². The molecule has 0 aliphatic carbocycles. The van der Waals surface area contributed by atoms with Crippen molar-refractivity contribution in [2.75, 3.05) is 0 Å². The number of hydrogen-bond acceptors (Lipinski definition) is 3. The van der Waals surface area contributed by atoms with Gasteiger partial charge in [-0.05, 0) is 44.0 Å². The van der Waals surface area contributed by atoms with Gasteiger partial charge in [0.1, 0.15) is 0 Å². The Balaban J connectivity index is 0.000000613. The van der Waals surface area contributed by atoms with Crippen LogP contribution in [0.2, 0.25) is 5.02 Å². The first kappa shape index (κ1) is 31.3. The molecule has 3 nitrogen and oxygen atoms in total. The van der Waals surface area contributed by atoms with E-state index in [0.717, 1.165) is 38.4 Å². The molecule has 0 saturated heterocycles. The first-order chi connectivity index (χ1) is 14.6. The molecule has 1 heterocycles. The molecule has 0 unspecified atom stereocenters. The van der Waals surface area contributed by atoms with Crippen molar-refractivity contribution >= 4 is 33.3 Å². The van der Waals surface area contributed by atoms with Gasteiger partial charge >= 0.3 is 87.8 Å². The van der Waals surface area contributed by atoms with E-state index in [4.69, 9.17) is 11.6 Å². The van der Waals surface area contributed by atoms with E-state index in [1.165, 1.54) is 16.7 Å². The van der Waals surface area contributed by atoms with E-state index < -0.39 is 0 Å². The summed E-state index contributed by atoms with van der Waals surface area (Å²) in [6.07, 6.45) is 3.55. The molecule has 177 valence electrons. The Morgan fingerprint density at radius 2 is 1.33 bits per heavy atom. The largest absolute Gasteiger partial charge is 1.00 e. The van der Waals surface area contributed by atoms with Gasteiger partial charge in [0.15, 0.2) is 0 Å². The molecule has 0 saturated carbocycles. The monoisotopic (exact) mass is 544 g/mol. The van der Waals surface area contributed by atoms with E-state index in [2.05, 4.69) is 70.0 Å². The Hall–Kier alpha value is -1.68. The average molecular weight is 546 g/mol. The summed E-state index contributed by atoms with van der Waals surface area (Å²) in [5.74, 6) is 0. The van der Waals surface area contributed by atoms with Gasteiger partial charge in [0.2, 0.25) is 0 Å². The number of aromatic nitrogens is 1. The molecule has 0 radical (unpaired) electrons. The van der Waals surface area contributed by atoms with Gasteiger partial charge in [-0.3, -0.25) is 9.98 Å². The third-order valence-corrected chi connectivity index (χ3v) is 5.07. The van der Waals surface area contributed by atoms with Crippen LogP contribution in [0.15, 0.2) is 58.8 Å². The maximum atomic E-state index is 6.24. The van der Waals surface area contributed by atoms with Crippen LogP contribution in [0.3, 0.4) is 0 Å². The number of hydrogen-bond donors (Lipinski definition) is 0. The zero-order chi connectivity index (χ0) is 23.1. The Labute approximate surface area is 223 Å². The summed E-state index contributed by atoms with van der Waals surface area (Å²) < 4.78 is 0.857. The van der Waals surface area contributed by atoms with Crippen molar-refractivity contribution < 1.29 is 40.8 Å². The van der Waals surface area contributed by atoms with Gasteiger partial charge in [-0.25, -0.2) is 0 Å². The van der Waals surface area contributed by atoms with E-state index in [-0.39, 0.29) is 24.8 Å². The topological polar surface area (TPSA) is 37.6 Å². The standard InChI is InChI=1S/C15H15ClN2.C11H14N.2ClH.Fe/c1-10-7-11(2)15(14(16)8-10)18-12(3)13-5-4-6-17-9-13;1-5-12-11-9(3)6-8(2)7-10(11)4;;;/h4-9H,1-3H3;6-7H,1-4H3;2*1H;/q;;;;+2/p-2. The number of pyridine rings is 1. The summed E-state index contributed by atoms with van der Waals surface area (Å²) in [7, 11) is 0. The fourth-order valence-electron chi connectivity index (χ4n) is 3.36. The molecular formula is C26H29Cl3FeN3. The molecule has 0 N–H and O–H groups in total. The van der Waals surface area contributed by atoms with E-state index in [1.807, 2.05) is 45.9 Å². The summed E-state index contributed by atoms with van der Waals surface area (Å²) in [6.45, 7) is 14.2. The molecule has 0 aliphatic heterocycles. The first-order valence-electron chi connectivity index (χ1n) is 10.1. The third-order valence-electron chi connectivity index (χ3n) is 4.66. The van der Waals surface area contributed by atoms with Gasteiger partial charge in [0.25, 0.3) is 0 Å². The smallest absolute Gasteiger partial charge is 1.00 e. The van der Waals surface area contributed by atoms with Crippen LogP contribution >= 0.6 is 11.6 Å². The minimum atomic E-state index is 0. The number of halogens is 3. The summed E-state index contributed by atoms with van der Waals surface area (Å²) in [4.78, 5) is 13.1. The predicted molar refractivity (Wildman–Crippen MR) is 130 cm³/mol. The molecular weight excluding hydrogens is 517 g/mol. The van der Waals surface area contributed by atoms with Gasteiger partial charge in [0.05, 0.1) is 10.7 Å². The molecule has 1 aromatic heterocycles. The number of aliphatic imine (C=N–C) groups is 2. The molecule has 2 aromatic carbocycles. The second-order valence-corrected chi connectivity index (χ2v) is 8.90. The van der Waals surface area contributed by atoms with Crippen molar-refractivity contribution in [2.24, 2.45) is 9.98 Å². The van der Waals surface area contributed by atoms with Gasteiger partial charge in [-0.1, -0.05) is 23.7 Å². The second kappa shape index (κ2) is 14.6. The summed E-state index contributed by atoms with van der Waals surface area (Å²) in [5, 5.41) is 0.691. The molecule has 0 aliphatic rings. The van der Waals surface area contributed by atoms with Crippen LogP contribution in [0.4, 0.5) is 11.4 Å². The van der Waals surface area contributed by atoms with E-state index in [9.17, 15) is 0 Å². The molecule has 0 bridgehead atoms. The Morgan fingerprint density at radius 3 is 1.79 bits per heavy atom. The summed E-state index contributed by atoms with van der Waals surface area (Å²) >= 11 is 10.0. The summed E-state index contributed by atoms with van der Waals surface area (Å²) in [5.41, 5.74) is 9.79. The minimum Gasteiger partial charge on any atom is -1.00 e. The molecule has 0 spiro atoms. The van der Waals surface area contributed by atoms with Crippen LogP contribution in [-0.4, -0.2) is 15.3 Å². The van der Waals surface area contributed by atoms with Crippen LogP contribution < -0.4 is 24.8 Å². The molecule has 0 fully saturated rings. The number of nitrogens with zero attached hydrogens (tertiary/aromatic N) is 3. The minimum absolute atomic E-state index is 0. The number of benzene rings is 2. The Bertz CT molecular complexity index is 1080. The van der Waals surface area contributed by atoms with Crippen LogP contribution in [-0.2, 0) is 16.0 Å². The van der Waals surface area contributed by atoms with Crippen LogP contribution in [0.1, 0.15) is 47.2 Å². The molecule has 33 heavy (non-hydrogen) atoms.